The minimum absolute atomic E-state index is 0.0921. The van der Waals surface area contributed by atoms with Gasteiger partial charge in [0.25, 0.3) is 5.91 Å². The first kappa shape index (κ1) is 15.8. The Kier molecular flexibility index (Phi) is 4.52. The molecule has 3 rings (SSSR count). The lowest BCUT2D eigenvalue weighted by molar-refractivity contribution is 0.0793. The van der Waals surface area contributed by atoms with Gasteiger partial charge in [-0.15, -0.1) is 11.3 Å². The van der Waals surface area contributed by atoms with E-state index in [0.29, 0.717) is 5.56 Å². The highest BCUT2D eigenvalue weighted by molar-refractivity contribution is 7.14. The second-order valence-electron chi connectivity index (χ2n) is 5.82. The van der Waals surface area contributed by atoms with Crippen molar-refractivity contribution in [1.82, 2.24) is 9.88 Å². The fourth-order valence-corrected chi connectivity index (χ4v) is 3.50. The van der Waals surface area contributed by atoms with Gasteiger partial charge in [-0.1, -0.05) is 0 Å². The van der Waals surface area contributed by atoms with Gasteiger partial charge in [-0.2, -0.15) is 0 Å². The third-order valence-electron chi connectivity index (χ3n) is 3.99. The maximum absolute atomic E-state index is 12.6. The third kappa shape index (κ3) is 3.17. The molecule has 0 atom stereocenters. The number of carbonyl (C=O) groups excluding carboxylic acids is 1. The molecular weight excluding hydrogens is 310 g/mol. The standard InChI is InChI=1S/C17H21N3O2S/c1-19(2)17-18-14(11-23-17)13-10-12(6-7-15(13)22-3)16(21)20-8-4-5-9-20/h6-7,10-11H,4-5,8-9H2,1-3H3. The summed E-state index contributed by atoms with van der Waals surface area (Å²) < 4.78 is 5.46. The number of thiazole rings is 1. The molecule has 23 heavy (non-hydrogen) atoms. The zero-order valence-electron chi connectivity index (χ0n) is 13.7. The first-order valence-corrected chi connectivity index (χ1v) is 8.58. The van der Waals surface area contributed by atoms with Crippen LogP contribution in [0.2, 0.25) is 0 Å². The molecule has 0 bridgehead atoms. The summed E-state index contributed by atoms with van der Waals surface area (Å²) in [7, 11) is 5.57. The van der Waals surface area contributed by atoms with Crippen LogP contribution in [0.1, 0.15) is 23.2 Å². The summed E-state index contributed by atoms with van der Waals surface area (Å²) in [6.07, 6.45) is 2.18. The van der Waals surface area contributed by atoms with Crippen molar-refractivity contribution in [2.75, 3.05) is 39.2 Å². The van der Waals surface area contributed by atoms with Gasteiger partial charge in [0.2, 0.25) is 0 Å². The molecule has 1 fully saturated rings. The summed E-state index contributed by atoms with van der Waals surface area (Å²) in [6.45, 7) is 1.70. The number of nitrogens with zero attached hydrogens (tertiary/aromatic N) is 3. The van der Waals surface area contributed by atoms with E-state index < -0.39 is 0 Å². The van der Waals surface area contributed by atoms with Crippen molar-refractivity contribution in [1.29, 1.82) is 0 Å². The lowest BCUT2D eigenvalue weighted by atomic mass is 10.1. The maximum Gasteiger partial charge on any atom is 0.253 e. The Hall–Kier alpha value is -2.08. The average molecular weight is 331 g/mol. The Bertz CT molecular complexity index is 706. The SMILES string of the molecule is COc1ccc(C(=O)N2CCCC2)cc1-c1csc(N(C)C)n1. The molecule has 1 amide bonds. The molecule has 0 N–H and O–H groups in total. The van der Waals surface area contributed by atoms with Crippen LogP contribution in [0.4, 0.5) is 5.13 Å². The quantitative estimate of drug-likeness (QED) is 0.863. The van der Waals surface area contributed by atoms with E-state index in [9.17, 15) is 4.79 Å². The molecule has 0 spiro atoms. The average Bonchev–Trinajstić information content (AvgIpc) is 3.24. The van der Waals surface area contributed by atoms with Crippen LogP contribution in [0.5, 0.6) is 5.75 Å². The second-order valence-corrected chi connectivity index (χ2v) is 6.66. The van der Waals surface area contributed by atoms with E-state index in [4.69, 9.17) is 4.74 Å². The first-order chi connectivity index (χ1) is 11.1. The molecule has 5 nitrogen and oxygen atoms in total. The van der Waals surface area contributed by atoms with Crippen molar-refractivity contribution in [3.05, 3.63) is 29.1 Å². The van der Waals surface area contributed by atoms with E-state index in [1.54, 1.807) is 18.4 Å². The summed E-state index contributed by atoms with van der Waals surface area (Å²) in [4.78, 5) is 21.1. The lowest BCUT2D eigenvalue weighted by Gasteiger charge is -2.16. The molecule has 1 aromatic carbocycles. The Balaban J connectivity index is 1.97. The second kappa shape index (κ2) is 6.58. The fourth-order valence-electron chi connectivity index (χ4n) is 2.74. The largest absolute Gasteiger partial charge is 0.496 e. The molecule has 1 aromatic heterocycles. The Morgan fingerprint density at radius 2 is 2.04 bits per heavy atom. The van der Waals surface area contributed by atoms with Crippen molar-refractivity contribution in [2.45, 2.75) is 12.8 Å². The number of hydrogen-bond donors (Lipinski definition) is 0. The van der Waals surface area contributed by atoms with Gasteiger partial charge in [0.1, 0.15) is 5.75 Å². The highest BCUT2D eigenvalue weighted by Gasteiger charge is 2.21. The lowest BCUT2D eigenvalue weighted by Crippen LogP contribution is -2.27. The number of carbonyl (C=O) groups is 1. The van der Waals surface area contributed by atoms with Gasteiger partial charge in [-0.3, -0.25) is 4.79 Å². The predicted octanol–water partition coefficient (Wildman–Crippen LogP) is 3.12. The molecule has 0 radical (unpaired) electrons. The van der Waals surface area contributed by atoms with Gasteiger partial charge in [0.15, 0.2) is 5.13 Å². The third-order valence-corrected chi connectivity index (χ3v) is 5.00. The minimum Gasteiger partial charge on any atom is -0.496 e. The summed E-state index contributed by atoms with van der Waals surface area (Å²) in [5.41, 5.74) is 2.40. The number of rotatable bonds is 4. The van der Waals surface area contributed by atoms with E-state index in [1.165, 1.54) is 0 Å². The molecule has 6 heteroatoms. The van der Waals surface area contributed by atoms with Gasteiger partial charge in [0, 0.05) is 43.7 Å². The molecule has 1 saturated heterocycles. The number of anilines is 1. The van der Waals surface area contributed by atoms with Crippen LogP contribution in [0, 0.1) is 0 Å². The van der Waals surface area contributed by atoms with Crippen LogP contribution in [0.15, 0.2) is 23.6 Å². The van der Waals surface area contributed by atoms with Crippen molar-refractivity contribution in [3.8, 4) is 17.0 Å². The minimum atomic E-state index is 0.0921. The summed E-state index contributed by atoms with van der Waals surface area (Å²) >= 11 is 1.58. The van der Waals surface area contributed by atoms with Crippen LogP contribution in [-0.2, 0) is 0 Å². The number of methoxy groups -OCH3 is 1. The van der Waals surface area contributed by atoms with Crippen molar-refractivity contribution in [3.63, 3.8) is 0 Å². The summed E-state index contributed by atoms with van der Waals surface area (Å²) in [5.74, 6) is 0.827. The normalized spacial score (nSPS) is 14.1. The smallest absolute Gasteiger partial charge is 0.253 e. The topological polar surface area (TPSA) is 45.7 Å². The predicted molar refractivity (Wildman–Crippen MR) is 93.6 cm³/mol. The maximum atomic E-state index is 12.6. The van der Waals surface area contributed by atoms with Crippen molar-refractivity contribution in [2.24, 2.45) is 0 Å². The number of hydrogen-bond acceptors (Lipinski definition) is 5. The van der Waals surface area contributed by atoms with E-state index in [2.05, 4.69) is 4.98 Å². The number of amides is 1. The molecule has 122 valence electrons. The van der Waals surface area contributed by atoms with Crippen molar-refractivity contribution >= 4 is 22.4 Å². The molecule has 1 aliphatic rings. The van der Waals surface area contributed by atoms with E-state index >= 15 is 0 Å². The molecule has 0 aliphatic carbocycles. The highest BCUT2D eigenvalue weighted by atomic mass is 32.1. The number of ether oxygens (including phenoxy) is 1. The zero-order valence-corrected chi connectivity index (χ0v) is 14.5. The monoisotopic (exact) mass is 331 g/mol. The van der Waals surface area contributed by atoms with Crippen molar-refractivity contribution < 1.29 is 9.53 Å². The van der Waals surface area contributed by atoms with Crippen LogP contribution < -0.4 is 9.64 Å². The Morgan fingerprint density at radius 1 is 1.30 bits per heavy atom. The molecule has 0 saturated carbocycles. The number of aromatic nitrogens is 1. The molecular formula is C17H21N3O2S. The van der Waals surface area contributed by atoms with Gasteiger partial charge >= 0.3 is 0 Å². The van der Waals surface area contributed by atoms with E-state index in [1.807, 2.05) is 47.5 Å². The summed E-state index contributed by atoms with van der Waals surface area (Å²) in [5, 5.41) is 2.93. The molecule has 2 heterocycles. The summed E-state index contributed by atoms with van der Waals surface area (Å²) in [6, 6.07) is 5.59. The van der Waals surface area contributed by atoms with Gasteiger partial charge < -0.3 is 14.5 Å². The fraction of sp³-hybridized carbons (Fsp3) is 0.412. The first-order valence-electron chi connectivity index (χ1n) is 7.70. The van der Waals surface area contributed by atoms with Gasteiger partial charge in [0.05, 0.1) is 12.8 Å². The Labute approximate surface area is 140 Å². The van der Waals surface area contributed by atoms with Crippen LogP contribution >= 0.6 is 11.3 Å². The molecule has 2 aromatic rings. The molecule has 0 unspecified atom stereocenters. The van der Waals surface area contributed by atoms with Crippen LogP contribution in [0.25, 0.3) is 11.3 Å². The van der Waals surface area contributed by atoms with Crippen LogP contribution in [0.3, 0.4) is 0 Å². The van der Waals surface area contributed by atoms with Gasteiger partial charge in [-0.25, -0.2) is 4.98 Å². The Morgan fingerprint density at radius 3 is 2.65 bits per heavy atom. The highest BCUT2D eigenvalue weighted by Crippen LogP contribution is 2.34. The number of likely N-dealkylation sites (tertiary alicyclic amines) is 1. The van der Waals surface area contributed by atoms with Gasteiger partial charge in [-0.05, 0) is 31.0 Å². The molecule has 1 aliphatic heterocycles. The van der Waals surface area contributed by atoms with E-state index in [0.717, 1.165) is 48.1 Å². The zero-order chi connectivity index (χ0) is 16.4. The van der Waals surface area contributed by atoms with Crippen LogP contribution in [-0.4, -0.2) is 50.1 Å². The van der Waals surface area contributed by atoms with E-state index in [-0.39, 0.29) is 5.91 Å². The number of benzene rings is 1.